The molecule has 0 aromatic rings. The largest absolute Gasteiger partial charge is 0.312 e. The SMILES string of the molecule is C=C(C)C1CC=C(C(N)N)C(=O)C1. The van der Waals surface area contributed by atoms with Crippen LogP contribution in [-0.4, -0.2) is 11.9 Å². The summed E-state index contributed by atoms with van der Waals surface area (Å²) < 4.78 is 0. The van der Waals surface area contributed by atoms with E-state index >= 15 is 0 Å². The van der Waals surface area contributed by atoms with Crippen molar-refractivity contribution in [1.29, 1.82) is 0 Å². The number of nitrogens with two attached hydrogens (primary N) is 2. The molecule has 0 aromatic heterocycles. The molecular weight excluding hydrogens is 164 g/mol. The fraction of sp³-hybridized carbons (Fsp3) is 0.500. The van der Waals surface area contributed by atoms with Crippen molar-refractivity contribution in [3.8, 4) is 0 Å². The predicted octanol–water partition coefficient (Wildman–Crippen LogP) is 0.712. The van der Waals surface area contributed by atoms with Crippen molar-refractivity contribution >= 4 is 5.78 Å². The van der Waals surface area contributed by atoms with Gasteiger partial charge in [0.25, 0.3) is 0 Å². The van der Waals surface area contributed by atoms with Gasteiger partial charge in [-0.25, -0.2) is 0 Å². The molecule has 0 amide bonds. The summed E-state index contributed by atoms with van der Waals surface area (Å²) >= 11 is 0. The third kappa shape index (κ3) is 2.26. The van der Waals surface area contributed by atoms with Crippen molar-refractivity contribution in [3.63, 3.8) is 0 Å². The summed E-state index contributed by atoms with van der Waals surface area (Å²) in [7, 11) is 0. The topological polar surface area (TPSA) is 69.1 Å². The summed E-state index contributed by atoms with van der Waals surface area (Å²) in [4.78, 5) is 11.5. The lowest BCUT2D eigenvalue weighted by molar-refractivity contribution is -0.116. The molecule has 3 nitrogen and oxygen atoms in total. The molecule has 0 aliphatic heterocycles. The molecule has 4 N–H and O–H groups in total. The quantitative estimate of drug-likeness (QED) is 0.485. The van der Waals surface area contributed by atoms with Crippen LogP contribution in [0.2, 0.25) is 0 Å². The Morgan fingerprint density at radius 3 is 2.69 bits per heavy atom. The van der Waals surface area contributed by atoms with Crippen LogP contribution in [0.4, 0.5) is 0 Å². The van der Waals surface area contributed by atoms with E-state index in [1.807, 2.05) is 13.0 Å². The second kappa shape index (κ2) is 3.85. The zero-order valence-corrected chi connectivity index (χ0v) is 7.92. The third-order valence-electron chi connectivity index (χ3n) is 2.43. The molecule has 1 aliphatic carbocycles. The lowest BCUT2D eigenvalue weighted by atomic mass is 9.84. The van der Waals surface area contributed by atoms with Crippen molar-refractivity contribution in [3.05, 3.63) is 23.8 Å². The lowest BCUT2D eigenvalue weighted by Crippen LogP contribution is -2.37. The first kappa shape index (κ1) is 10.2. The predicted molar refractivity (Wildman–Crippen MR) is 52.8 cm³/mol. The average molecular weight is 180 g/mol. The molecule has 0 saturated carbocycles. The minimum Gasteiger partial charge on any atom is -0.312 e. The van der Waals surface area contributed by atoms with Crippen LogP contribution in [0.25, 0.3) is 0 Å². The Morgan fingerprint density at radius 2 is 2.31 bits per heavy atom. The van der Waals surface area contributed by atoms with Crippen LogP contribution in [0.5, 0.6) is 0 Å². The highest BCUT2D eigenvalue weighted by atomic mass is 16.1. The molecule has 0 fully saturated rings. The van der Waals surface area contributed by atoms with Gasteiger partial charge in [0.05, 0.1) is 6.17 Å². The summed E-state index contributed by atoms with van der Waals surface area (Å²) in [6, 6.07) is 0. The standard InChI is InChI=1S/C10H16N2O/c1-6(2)7-3-4-8(10(11)12)9(13)5-7/h4,7,10H,1,3,5,11-12H2,2H3. The van der Waals surface area contributed by atoms with Crippen LogP contribution in [0.3, 0.4) is 0 Å². The van der Waals surface area contributed by atoms with E-state index < -0.39 is 6.17 Å². The summed E-state index contributed by atoms with van der Waals surface area (Å²) in [5.74, 6) is 0.337. The van der Waals surface area contributed by atoms with Gasteiger partial charge in [-0.1, -0.05) is 18.2 Å². The smallest absolute Gasteiger partial charge is 0.162 e. The molecule has 0 spiro atoms. The van der Waals surface area contributed by atoms with Crippen LogP contribution in [-0.2, 0) is 4.79 Å². The van der Waals surface area contributed by atoms with Crippen molar-refractivity contribution < 1.29 is 4.79 Å². The molecule has 1 atom stereocenters. The molecule has 3 heteroatoms. The average Bonchev–Trinajstić information content (AvgIpc) is 2.03. The fourth-order valence-electron chi connectivity index (χ4n) is 1.51. The van der Waals surface area contributed by atoms with Crippen LogP contribution in [0.15, 0.2) is 23.8 Å². The Bertz CT molecular complexity index is 266. The minimum atomic E-state index is -0.626. The Labute approximate surface area is 78.5 Å². The Morgan fingerprint density at radius 1 is 1.69 bits per heavy atom. The van der Waals surface area contributed by atoms with Crippen molar-refractivity contribution in [2.45, 2.75) is 25.9 Å². The number of carbonyl (C=O) groups is 1. The van der Waals surface area contributed by atoms with Gasteiger partial charge in [0.2, 0.25) is 0 Å². The maximum Gasteiger partial charge on any atom is 0.162 e. The number of Topliss-reactive ketones (excluding diaryl/α,β-unsaturated/α-hetero) is 1. The molecule has 1 aliphatic rings. The summed E-state index contributed by atoms with van der Waals surface area (Å²) in [5.41, 5.74) is 12.5. The second-order valence-electron chi connectivity index (χ2n) is 3.59. The zero-order valence-electron chi connectivity index (χ0n) is 7.92. The van der Waals surface area contributed by atoms with E-state index in [4.69, 9.17) is 11.5 Å². The normalized spacial score (nSPS) is 23.2. The first-order valence-electron chi connectivity index (χ1n) is 4.42. The fourth-order valence-corrected chi connectivity index (χ4v) is 1.51. The van der Waals surface area contributed by atoms with Gasteiger partial charge in [0.15, 0.2) is 5.78 Å². The molecule has 72 valence electrons. The van der Waals surface area contributed by atoms with Gasteiger partial charge >= 0.3 is 0 Å². The van der Waals surface area contributed by atoms with Gasteiger partial charge < -0.3 is 11.5 Å². The molecule has 0 heterocycles. The van der Waals surface area contributed by atoms with Gasteiger partial charge in [0.1, 0.15) is 0 Å². The zero-order chi connectivity index (χ0) is 10.0. The summed E-state index contributed by atoms with van der Waals surface area (Å²) in [6.07, 6.45) is 2.56. The number of rotatable bonds is 2. The third-order valence-corrected chi connectivity index (χ3v) is 2.43. The molecule has 1 unspecified atom stereocenters. The molecule has 0 bridgehead atoms. The van der Waals surface area contributed by atoms with E-state index in [0.717, 1.165) is 12.0 Å². The maximum absolute atomic E-state index is 11.5. The minimum absolute atomic E-state index is 0.0641. The second-order valence-corrected chi connectivity index (χ2v) is 3.59. The van der Waals surface area contributed by atoms with E-state index in [1.54, 1.807) is 0 Å². The van der Waals surface area contributed by atoms with Gasteiger partial charge in [-0.2, -0.15) is 0 Å². The lowest BCUT2D eigenvalue weighted by Gasteiger charge is -2.22. The van der Waals surface area contributed by atoms with E-state index in [9.17, 15) is 4.79 Å². The summed E-state index contributed by atoms with van der Waals surface area (Å²) in [5, 5.41) is 0. The molecule has 0 saturated heterocycles. The summed E-state index contributed by atoms with van der Waals surface area (Å²) in [6.45, 7) is 5.78. The number of carbonyl (C=O) groups excluding carboxylic acids is 1. The van der Waals surface area contributed by atoms with Crippen LogP contribution < -0.4 is 11.5 Å². The molecule has 0 aromatic carbocycles. The van der Waals surface area contributed by atoms with Gasteiger partial charge in [-0.3, -0.25) is 4.79 Å². The highest BCUT2D eigenvalue weighted by Gasteiger charge is 2.23. The van der Waals surface area contributed by atoms with Crippen molar-refractivity contribution in [2.75, 3.05) is 0 Å². The van der Waals surface area contributed by atoms with Crippen LogP contribution >= 0.6 is 0 Å². The first-order valence-corrected chi connectivity index (χ1v) is 4.42. The van der Waals surface area contributed by atoms with Gasteiger partial charge in [-0.15, -0.1) is 0 Å². The monoisotopic (exact) mass is 180 g/mol. The van der Waals surface area contributed by atoms with Crippen LogP contribution in [0, 0.1) is 5.92 Å². The van der Waals surface area contributed by atoms with Crippen molar-refractivity contribution in [1.82, 2.24) is 0 Å². The van der Waals surface area contributed by atoms with E-state index in [-0.39, 0.29) is 11.7 Å². The first-order chi connectivity index (χ1) is 6.02. The van der Waals surface area contributed by atoms with Gasteiger partial charge in [-0.05, 0) is 19.3 Å². The van der Waals surface area contributed by atoms with Crippen LogP contribution in [0.1, 0.15) is 19.8 Å². The Balaban J connectivity index is 2.75. The number of allylic oxidation sites excluding steroid dienone is 2. The van der Waals surface area contributed by atoms with E-state index in [0.29, 0.717) is 12.0 Å². The molecule has 0 radical (unpaired) electrons. The number of hydrogen-bond acceptors (Lipinski definition) is 3. The number of hydrogen-bond donors (Lipinski definition) is 2. The van der Waals surface area contributed by atoms with E-state index in [2.05, 4.69) is 6.58 Å². The van der Waals surface area contributed by atoms with Crippen molar-refractivity contribution in [2.24, 2.45) is 17.4 Å². The van der Waals surface area contributed by atoms with E-state index in [1.165, 1.54) is 0 Å². The molecular formula is C10H16N2O. The van der Waals surface area contributed by atoms with Gasteiger partial charge in [0, 0.05) is 12.0 Å². The highest BCUT2D eigenvalue weighted by Crippen LogP contribution is 2.25. The molecule has 1 rings (SSSR count). The molecule has 13 heavy (non-hydrogen) atoms. The number of ketones is 1. The Hall–Kier alpha value is -0.930. The highest BCUT2D eigenvalue weighted by molar-refractivity contribution is 5.97. The Kier molecular flexibility index (Phi) is 3.01. The maximum atomic E-state index is 11.5.